The number of halogens is 3. The molecule has 0 aliphatic carbocycles. The average molecular weight is 251 g/mol. The van der Waals surface area contributed by atoms with Crippen molar-refractivity contribution in [2.75, 3.05) is 0 Å². The minimum atomic E-state index is -4.84. The van der Waals surface area contributed by atoms with E-state index in [-0.39, 0.29) is 0 Å². The molecule has 8 heteroatoms. The maximum atomic E-state index is 12.5. The molecule has 1 rings (SSSR count). The number of alkyl halides is 3. The molecule has 0 saturated carbocycles. The largest absolute Gasteiger partial charge is 0.479 e. The summed E-state index contributed by atoms with van der Waals surface area (Å²) in [4.78, 5) is 13.4. The van der Waals surface area contributed by atoms with Crippen molar-refractivity contribution in [3.05, 3.63) is 29.6 Å². The third-order valence-corrected chi connectivity index (χ3v) is 1.98. The van der Waals surface area contributed by atoms with Gasteiger partial charge in [0.1, 0.15) is 11.8 Å². The molecule has 94 valence electrons. The second kappa shape index (κ2) is 4.68. The van der Waals surface area contributed by atoms with E-state index in [0.717, 1.165) is 18.3 Å². The molecule has 2 atom stereocenters. The maximum absolute atomic E-state index is 12.5. The van der Waals surface area contributed by atoms with Crippen LogP contribution in [0.1, 0.15) is 17.4 Å². The number of aliphatic carboxylic acids is 1. The molecule has 1 aromatic heterocycles. The second-order valence-corrected chi connectivity index (χ2v) is 3.17. The summed E-state index contributed by atoms with van der Waals surface area (Å²) >= 11 is 0. The van der Waals surface area contributed by atoms with Crippen molar-refractivity contribution in [1.82, 2.24) is 4.98 Å². The highest BCUT2D eigenvalue weighted by Gasteiger charge is 2.39. The highest BCUT2D eigenvalue weighted by molar-refractivity contribution is 5.73. The van der Waals surface area contributed by atoms with Gasteiger partial charge in [0.15, 0.2) is 6.10 Å². The molecule has 0 bridgehead atoms. The van der Waals surface area contributed by atoms with Crippen molar-refractivity contribution in [2.24, 2.45) is 0 Å². The lowest BCUT2D eigenvalue weighted by molar-refractivity contribution is -0.155. The Balaban J connectivity index is 3.18. The zero-order valence-electron chi connectivity index (χ0n) is 8.22. The zero-order valence-corrected chi connectivity index (χ0v) is 8.22. The van der Waals surface area contributed by atoms with Crippen LogP contribution >= 0.6 is 0 Å². The van der Waals surface area contributed by atoms with Crippen LogP contribution in [0, 0.1) is 0 Å². The number of hydrogen-bond acceptors (Lipinski definition) is 4. The fourth-order valence-electron chi connectivity index (χ4n) is 1.20. The first-order valence-corrected chi connectivity index (χ1v) is 4.36. The predicted octanol–water partition coefficient (Wildman–Crippen LogP) is 0.579. The summed E-state index contributed by atoms with van der Waals surface area (Å²) in [7, 11) is 0. The van der Waals surface area contributed by atoms with E-state index in [1.807, 2.05) is 0 Å². The number of aromatic nitrogens is 1. The third-order valence-electron chi connectivity index (χ3n) is 1.98. The van der Waals surface area contributed by atoms with Gasteiger partial charge in [0.2, 0.25) is 0 Å². The van der Waals surface area contributed by atoms with Crippen LogP contribution in [0.4, 0.5) is 13.2 Å². The van der Waals surface area contributed by atoms with Crippen LogP contribution < -0.4 is 0 Å². The topological polar surface area (TPSA) is 90.7 Å². The first kappa shape index (κ1) is 13.4. The Bertz CT molecular complexity index is 421. The van der Waals surface area contributed by atoms with Crippen molar-refractivity contribution in [1.29, 1.82) is 0 Å². The Morgan fingerprint density at radius 2 is 1.94 bits per heavy atom. The smallest absolute Gasteiger partial charge is 0.433 e. The number of carboxylic acid groups (broad SMARTS) is 1. The lowest BCUT2D eigenvalue weighted by Gasteiger charge is -2.18. The van der Waals surface area contributed by atoms with Crippen LogP contribution in [-0.4, -0.2) is 32.4 Å². The van der Waals surface area contributed by atoms with Gasteiger partial charge in [0.05, 0.1) is 0 Å². The molecule has 0 amide bonds. The second-order valence-electron chi connectivity index (χ2n) is 3.17. The normalized spacial score (nSPS) is 15.4. The Morgan fingerprint density at radius 1 is 1.35 bits per heavy atom. The SMILES string of the molecule is O=C(O)C(O)C(O)c1cccnc1C(F)(F)F. The van der Waals surface area contributed by atoms with E-state index in [2.05, 4.69) is 4.98 Å². The van der Waals surface area contributed by atoms with Crippen molar-refractivity contribution < 1.29 is 33.3 Å². The summed E-state index contributed by atoms with van der Waals surface area (Å²) in [5.74, 6) is -1.82. The number of carboxylic acids is 1. The monoisotopic (exact) mass is 251 g/mol. The highest BCUT2D eigenvalue weighted by Crippen LogP contribution is 2.33. The Hall–Kier alpha value is -1.67. The molecular formula is C9H8F3NO4. The van der Waals surface area contributed by atoms with Gasteiger partial charge < -0.3 is 15.3 Å². The first-order chi connectivity index (χ1) is 7.75. The molecule has 17 heavy (non-hydrogen) atoms. The summed E-state index contributed by atoms with van der Waals surface area (Å²) in [5, 5.41) is 26.7. The first-order valence-electron chi connectivity index (χ1n) is 4.36. The van der Waals surface area contributed by atoms with Gasteiger partial charge >= 0.3 is 12.1 Å². The molecule has 1 heterocycles. The van der Waals surface area contributed by atoms with Gasteiger partial charge in [-0.25, -0.2) is 4.79 Å². The Kier molecular flexibility index (Phi) is 3.69. The van der Waals surface area contributed by atoms with Crippen LogP contribution in [0.25, 0.3) is 0 Å². The molecule has 0 aromatic carbocycles. The molecule has 0 aliphatic heterocycles. The number of nitrogens with zero attached hydrogens (tertiary/aromatic N) is 1. The van der Waals surface area contributed by atoms with Crippen molar-refractivity contribution in [2.45, 2.75) is 18.4 Å². The summed E-state index contributed by atoms with van der Waals surface area (Å²) in [6.07, 6.45) is -8.53. The Labute approximate surface area is 93.2 Å². The number of carbonyl (C=O) groups is 1. The van der Waals surface area contributed by atoms with E-state index >= 15 is 0 Å². The molecule has 0 aliphatic rings. The molecule has 5 nitrogen and oxygen atoms in total. The van der Waals surface area contributed by atoms with Crippen LogP contribution in [0.5, 0.6) is 0 Å². The van der Waals surface area contributed by atoms with Crippen LogP contribution in [0.2, 0.25) is 0 Å². The quantitative estimate of drug-likeness (QED) is 0.731. The van der Waals surface area contributed by atoms with E-state index in [1.165, 1.54) is 0 Å². The predicted molar refractivity (Wildman–Crippen MR) is 47.8 cm³/mol. The lowest BCUT2D eigenvalue weighted by Crippen LogP contribution is -2.29. The van der Waals surface area contributed by atoms with Crippen molar-refractivity contribution in [3.8, 4) is 0 Å². The fourth-order valence-corrected chi connectivity index (χ4v) is 1.20. The zero-order chi connectivity index (χ0) is 13.2. The molecule has 0 radical (unpaired) electrons. The minimum Gasteiger partial charge on any atom is -0.479 e. The van der Waals surface area contributed by atoms with Crippen LogP contribution in [0.15, 0.2) is 18.3 Å². The number of aliphatic hydroxyl groups excluding tert-OH is 2. The van der Waals surface area contributed by atoms with Gasteiger partial charge in [-0.15, -0.1) is 0 Å². The van der Waals surface area contributed by atoms with Gasteiger partial charge in [-0.3, -0.25) is 4.98 Å². The van der Waals surface area contributed by atoms with Crippen molar-refractivity contribution >= 4 is 5.97 Å². The minimum absolute atomic E-state index is 0.782. The van der Waals surface area contributed by atoms with E-state index in [4.69, 9.17) is 10.2 Å². The number of aliphatic hydroxyl groups is 2. The van der Waals surface area contributed by atoms with Gasteiger partial charge in [-0.2, -0.15) is 13.2 Å². The van der Waals surface area contributed by atoms with E-state index in [9.17, 15) is 23.1 Å². The molecule has 0 fully saturated rings. The van der Waals surface area contributed by atoms with Crippen molar-refractivity contribution in [3.63, 3.8) is 0 Å². The number of rotatable bonds is 3. The van der Waals surface area contributed by atoms with Gasteiger partial charge in [0.25, 0.3) is 0 Å². The van der Waals surface area contributed by atoms with E-state index in [0.29, 0.717) is 0 Å². The highest BCUT2D eigenvalue weighted by atomic mass is 19.4. The number of pyridine rings is 1. The third kappa shape index (κ3) is 2.92. The van der Waals surface area contributed by atoms with E-state index in [1.54, 1.807) is 0 Å². The summed E-state index contributed by atoms with van der Waals surface area (Å²) < 4.78 is 37.4. The molecular weight excluding hydrogens is 243 g/mol. The fraction of sp³-hybridized carbons (Fsp3) is 0.333. The van der Waals surface area contributed by atoms with Gasteiger partial charge in [-0.1, -0.05) is 6.07 Å². The van der Waals surface area contributed by atoms with Crippen LogP contribution in [0.3, 0.4) is 0 Å². The molecule has 0 spiro atoms. The average Bonchev–Trinajstić information content (AvgIpc) is 2.25. The summed E-state index contributed by atoms with van der Waals surface area (Å²) in [6, 6.07) is 1.95. The van der Waals surface area contributed by atoms with E-state index < -0.39 is 35.6 Å². The molecule has 1 aromatic rings. The lowest BCUT2D eigenvalue weighted by atomic mass is 10.0. The summed E-state index contributed by atoms with van der Waals surface area (Å²) in [5.41, 5.74) is -2.21. The van der Waals surface area contributed by atoms with Crippen LogP contribution in [-0.2, 0) is 11.0 Å². The van der Waals surface area contributed by atoms with Gasteiger partial charge in [-0.05, 0) is 6.07 Å². The summed E-state index contributed by atoms with van der Waals surface area (Å²) in [6.45, 7) is 0. The molecule has 3 N–H and O–H groups in total. The Morgan fingerprint density at radius 3 is 2.41 bits per heavy atom. The number of hydrogen-bond donors (Lipinski definition) is 3. The standard InChI is InChI=1S/C9H8F3NO4/c10-9(11,12)7-4(2-1-3-13-7)5(14)6(15)8(16)17/h1-3,5-6,14-15H,(H,16,17). The van der Waals surface area contributed by atoms with Gasteiger partial charge in [0, 0.05) is 11.8 Å². The maximum Gasteiger partial charge on any atom is 0.433 e. The molecule has 0 saturated heterocycles. The molecule has 2 unspecified atom stereocenters.